The number of hydrogen-bond donors (Lipinski definition) is 0. The van der Waals surface area contributed by atoms with Crippen molar-refractivity contribution in [2.45, 2.75) is 25.9 Å². The summed E-state index contributed by atoms with van der Waals surface area (Å²) < 4.78 is 24.3. The van der Waals surface area contributed by atoms with Gasteiger partial charge in [0.1, 0.15) is 5.01 Å². The van der Waals surface area contributed by atoms with Crippen LogP contribution in [0.3, 0.4) is 0 Å². The highest BCUT2D eigenvalue weighted by atomic mass is 32.2. The summed E-state index contributed by atoms with van der Waals surface area (Å²) in [6.07, 6.45) is 0.639. The molecule has 1 atom stereocenters. The lowest BCUT2D eigenvalue weighted by Crippen LogP contribution is -2.33. The maximum absolute atomic E-state index is 12.0. The summed E-state index contributed by atoms with van der Waals surface area (Å²) >= 11 is 1.37. The monoisotopic (exact) mass is 328 g/mol. The van der Waals surface area contributed by atoms with Crippen LogP contribution in [0.4, 0.5) is 0 Å². The first-order chi connectivity index (χ1) is 9.84. The lowest BCUT2D eigenvalue weighted by Gasteiger charge is -2.22. The van der Waals surface area contributed by atoms with E-state index in [1.807, 2.05) is 18.9 Å². The zero-order valence-electron chi connectivity index (χ0n) is 11.8. The van der Waals surface area contributed by atoms with Gasteiger partial charge in [0, 0.05) is 18.7 Å². The van der Waals surface area contributed by atoms with Crippen molar-refractivity contribution in [3.63, 3.8) is 0 Å². The third-order valence-electron chi connectivity index (χ3n) is 3.64. The second kappa shape index (κ2) is 5.15. The van der Waals surface area contributed by atoms with Crippen LogP contribution in [0.15, 0.2) is 10.9 Å². The van der Waals surface area contributed by atoms with Crippen LogP contribution < -0.4 is 5.56 Å². The number of nitrogens with zero attached hydrogens (tertiary/aromatic N) is 4. The second-order valence-corrected chi connectivity index (χ2v) is 8.76. The Morgan fingerprint density at radius 1 is 1.52 bits per heavy atom. The van der Waals surface area contributed by atoms with E-state index >= 15 is 0 Å². The van der Waals surface area contributed by atoms with Crippen LogP contribution in [0.2, 0.25) is 0 Å². The molecule has 0 N–H and O–H groups in total. The molecule has 3 heterocycles. The molecule has 2 aromatic heterocycles. The maximum atomic E-state index is 12.0. The van der Waals surface area contributed by atoms with E-state index in [2.05, 4.69) is 10.1 Å². The number of rotatable bonds is 3. The van der Waals surface area contributed by atoms with Gasteiger partial charge in [-0.1, -0.05) is 11.3 Å². The smallest absolute Gasteiger partial charge is 0.275 e. The van der Waals surface area contributed by atoms with Gasteiger partial charge in [-0.2, -0.15) is 9.61 Å². The molecule has 0 saturated carbocycles. The minimum Gasteiger partial charge on any atom is -0.297 e. The van der Waals surface area contributed by atoms with Crippen LogP contribution in [-0.2, 0) is 16.4 Å². The molecule has 9 heteroatoms. The third-order valence-corrected chi connectivity index (χ3v) is 6.22. The Labute approximate surface area is 126 Å². The largest absolute Gasteiger partial charge is 0.297 e. The Bertz CT molecular complexity index is 840. The van der Waals surface area contributed by atoms with Gasteiger partial charge < -0.3 is 0 Å². The van der Waals surface area contributed by atoms with Gasteiger partial charge in [0.25, 0.3) is 5.56 Å². The Hall–Kier alpha value is -1.32. The van der Waals surface area contributed by atoms with E-state index in [-0.39, 0.29) is 23.1 Å². The average Bonchev–Trinajstić information content (AvgIpc) is 2.91. The first kappa shape index (κ1) is 14.6. The van der Waals surface area contributed by atoms with E-state index in [9.17, 15) is 13.2 Å². The molecule has 0 aliphatic carbocycles. The fraction of sp³-hybridized carbons (Fsp3) is 0.583. The predicted molar refractivity (Wildman–Crippen MR) is 80.4 cm³/mol. The molecule has 0 amide bonds. The van der Waals surface area contributed by atoms with Crippen LogP contribution in [0.25, 0.3) is 4.96 Å². The summed E-state index contributed by atoms with van der Waals surface area (Å²) in [5, 5.41) is 4.88. The van der Waals surface area contributed by atoms with Gasteiger partial charge in [-0.3, -0.25) is 9.69 Å². The van der Waals surface area contributed by atoms with Crippen molar-refractivity contribution in [3.05, 3.63) is 27.1 Å². The Kier molecular flexibility index (Phi) is 3.58. The average molecular weight is 328 g/mol. The van der Waals surface area contributed by atoms with E-state index in [0.29, 0.717) is 23.6 Å². The van der Waals surface area contributed by atoms with Gasteiger partial charge in [0.15, 0.2) is 9.84 Å². The van der Waals surface area contributed by atoms with Crippen molar-refractivity contribution in [1.29, 1.82) is 0 Å². The lowest BCUT2D eigenvalue weighted by molar-refractivity contribution is 0.251. The quantitative estimate of drug-likeness (QED) is 0.793. The zero-order valence-corrected chi connectivity index (χ0v) is 13.4. The molecule has 1 saturated heterocycles. The van der Waals surface area contributed by atoms with Gasteiger partial charge in [0.05, 0.1) is 17.2 Å². The van der Waals surface area contributed by atoms with Crippen LogP contribution in [0.5, 0.6) is 0 Å². The van der Waals surface area contributed by atoms with Crippen molar-refractivity contribution in [3.8, 4) is 0 Å². The van der Waals surface area contributed by atoms with Crippen LogP contribution >= 0.6 is 11.3 Å². The molecule has 1 aliphatic rings. The lowest BCUT2D eigenvalue weighted by atomic mass is 10.2. The molecule has 21 heavy (non-hydrogen) atoms. The molecule has 0 aromatic carbocycles. The second-order valence-electron chi connectivity index (χ2n) is 5.37. The van der Waals surface area contributed by atoms with Gasteiger partial charge in [0.2, 0.25) is 4.96 Å². The predicted octanol–water partition coefficient (Wildman–Crippen LogP) is 0.0783. The van der Waals surface area contributed by atoms with Gasteiger partial charge in [-0.25, -0.2) is 13.4 Å². The molecule has 1 aliphatic heterocycles. The Morgan fingerprint density at radius 3 is 2.95 bits per heavy atom. The number of fused-ring (bicyclic) bond motifs is 1. The minimum atomic E-state index is -2.91. The molecular formula is C12H16N4O3S2. The summed E-state index contributed by atoms with van der Waals surface area (Å²) in [5.74, 6) is 0.426. The fourth-order valence-electron chi connectivity index (χ4n) is 2.54. The summed E-state index contributed by atoms with van der Waals surface area (Å²) in [7, 11) is -1.04. The number of hydrogen-bond acceptors (Lipinski definition) is 7. The van der Waals surface area contributed by atoms with E-state index in [0.717, 1.165) is 5.01 Å². The van der Waals surface area contributed by atoms with Gasteiger partial charge in [-0.15, -0.1) is 0 Å². The van der Waals surface area contributed by atoms with Crippen molar-refractivity contribution in [2.24, 2.45) is 0 Å². The van der Waals surface area contributed by atoms with Crippen LogP contribution in [0, 0.1) is 6.92 Å². The molecule has 1 fully saturated rings. The first-order valence-corrected chi connectivity index (χ1v) is 9.25. The summed E-state index contributed by atoms with van der Waals surface area (Å²) in [6, 6.07) is 1.46. The number of aromatic nitrogens is 3. The maximum Gasteiger partial charge on any atom is 0.275 e. The number of aryl methyl sites for hydroxylation is 1. The highest BCUT2D eigenvalue weighted by molar-refractivity contribution is 7.91. The molecule has 0 unspecified atom stereocenters. The minimum absolute atomic E-state index is 0.00144. The summed E-state index contributed by atoms with van der Waals surface area (Å²) in [6.45, 7) is 2.29. The molecule has 0 radical (unpaired) electrons. The standard InChI is InChI=1S/C12H16N4O3S2/c1-8-14-16-11(17)5-9(13-12(16)20-8)6-15(2)10-3-4-21(18,19)7-10/h5,10H,3-4,6-7H2,1-2H3/t10-/m1/s1. The highest BCUT2D eigenvalue weighted by Crippen LogP contribution is 2.18. The molecule has 0 spiro atoms. The normalized spacial score (nSPS) is 21.4. The first-order valence-electron chi connectivity index (χ1n) is 6.61. The molecule has 114 valence electrons. The van der Waals surface area contributed by atoms with Gasteiger partial charge in [-0.05, 0) is 20.4 Å². The van der Waals surface area contributed by atoms with E-state index in [4.69, 9.17) is 0 Å². The third kappa shape index (κ3) is 2.99. The van der Waals surface area contributed by atoms with E-state index in [1.165, 1.54) is 21.9 Å². The molecule has 7 nitrogen and oxygen atoms in total. The van der Waals surface area contributed by atoms with Crippen LogP contribution in [0.1, 0.15) is 17.1 Å². The van der Waals surface area contributed by atoms with Crippen LogP contribution in [-0.4, -0.2) is 52.5 Å². The summed E-state index contributed by atoms with van der Waals surface area (Å²) in [4.78, 5) is 18.9. The van der Waals surface area contributed by atoms with Crippen molar-refractivity contribution in [1.82, 2.24) is 19.5 Å². The summed E-state index contributed by atoms with van der Waals surface area (Å²) in [5.41, 5.74) is 0.447. The highest BCUT2D eigenvalue weighted by Gasteiger charge is 2.30. The van der Waals surface area contributed by atoms with E-state index in [1.54, 1.807) is 0 Å². The molecule has 3 rings (SSSR count). The van der Waals surface area contributed by atoms with Crippen molar-refractivity contribution >= 4 is 26.1 Å². The number of sulfone groups is 1. The van der Waals surface area contributed by atoms with Crippen molar-refractivity contribution < 1.29 is 8.42 Å². The molecule has 0 bridgehead atoms. The molecule has 2 aromatic rings. The van der Waals surface area contributed by atoms with Gasteiger partial charge >= 0.3 is 0 Å². The Morgan fingerprint density at radius 2 is 2.29 bits per heavy atom. The van der Waals surface area contributed by atoms with Crippen molar-refractivity contribution in [2.75, 3.05) is 18.6 Å². The molecular weight excluding hydrogens is 312 g/mol. The fourth-order valence-corrected chi connectivity index (χ4v) is 5.11. The SMILES string of the molecule is Cc1nn2c(=O)cc(CN(C)[C@@H]3CCS(=O)(=O)C3)nc2s1. The zero-order chi connectivity index (χ0) is 15.2. The Balaban J connectivity index is 1.83. The topological polar surface area (TPSA) is 84.6 Å². The van der Waals surface area contributed by atoms with E-state index < -0.39 is 9.84 Å².